The number of hydrogen-bond acceptors (Lipinski definition) is 4. The summed E-state index contributed by atoms with van der Waals surface area (Å²) < 4.78 is 5.57. The number of carboxylic acid groups (broad SMARTS) is 1. The summed E-state index contributed by atoms with van der Waals surface area (Å²) in [6, 6.07) is 15.4. The van der Waals surface area contributed by atoms with Crippen molar-refractivity contribution in [1.29, 1.82) is 0 Å². The van der Waals surface area contributed by atoms with E-state index in [1.165, 1.54) is 4.90 Å². The zero-order valence-corrected chi connectivity index (χ0v) is 17.0. The largest absolute Gasteiger partial charge is 0.480 e. The number of carbonyl (C=O) groups excluding carboxylic acids is 2. The Balaban J connectivity index is 1.26. The normalized spacial score (nSPS) is 20.6. The van der Waals surface area contributed by atoms with Crippen molar-refractivity contribution in [3.8, 4) is 11.1 Å². The maximum absolute atomic E-state index is 13.0. The highest BCUT2D eigenvalue weighted by atomic mass is 16.5. The summed E-state index contributed by atoms with van der Waals surface area (Å²) in [4.78, 5) is 38.4. The predicted molar refractivity (Wildman–Crippen MR) is 113 cm³/mol. The molecule has 0 spiro atoms. The molecular weight excluding hydrogens is 396 g/mol. The number of alkyl carbamates (subject to hydrolysis) is 1. The van der Waals surface area contributed by atoms with Gasteiger partial charge in [0.1, 0.15) is 18.2 Å². The molecule has 0 unspecified atom stereocenters. The van der Waals surface area contributed by atoms with Gasteiger partial charge in [-0.1, -0.05) is 48.5 Å². The van der Waals surface area contributed by atoms with Crippen LogP contribution >= 0.6 is 0 Å². The minimum absolute atomic E-state index is 0.0565. The Morgan fingerprint density at radius 1 is 1.03 bits per heavy atom. The highest BCUT2D eigenvalue weighted by Gasteiger charge is 2.55. The molecule has 3 aliphatic rings. The minimum atomic E-state index is -1.03. The van der Waals surface area contributed by atoms with Crippen LogP contribution in [0.15, 0.2) is 48.5 Å². The first-order valence-electron chi connectivity index (χ1n) is 10.7. The molecule has 1 saturated heterocycles. The summed E-state index contributed by atoms with van der Waals surface area (Å²) in [5.41, 5.74) is 3.51. The maximum Gasteiger partial charge on any atom is 0.408 e. The fourth-order valence-corrected chi connectivity index (χ4v) is 4.89. The van der Waals surface area contributed by atoms with Gasteiger partial charge in [0.05, 0.1) is 0 Å². The molecule has 1 saturated carbocycles. The molecule has 2 aromatic rings. The van der Waals surface area contributed by atoms with Crippen LogP contribution in [0.2, 0.25) is 0 Å². The Labute approximate surface area is 180 Å². The summed E-state index contributed by atoms with van der Waals surface area (Å²) in [6.45, 7) is 0.579. The van der Waals surface area contributed by atoms with Gasteiger partial charge in [-0.05, 0) is 47.9 Å². The van der Waals surface area contributed by atoms with Gasteiger partial charge in [-0.15, -0.1) is 0 Å². The first kappa shape index (κ1) is 19.6. The van der Waals surface area contributed by atoms with Crippen molar-refractivity contribution in [3.63, 3.8) is 0 Å². The number of amides is 2. The molecule has 0 bridgehead atoms. The van der Waals surface area contributed by atoms with Gasteiger partial charge in [-0.3, -0.25) is 4.79 Å². The molecule has 5 rings (SSSR count). The molecule has 1 heterocycles. The Morgan fingerprint density at radius 2 is 1.65 bits per heavy atom. The summed E-state index contributed by atoms with van der Waals surface area (Å²) in [5, 5.41) is 12.1. The summed E-state index contributed by atoms with van der Waals surface area (Å²) in [7, 11) is 0. The van der Waals surface area contributed by atoms with E-state index in [1.807, 2.05) is 36.4 Å². The van der Waals surface area contributed by atoms with Crippen molar-refractivity contribution < 1.29 is 24.2 Å². The van der Waals surface area contributed by atoms with E-state index in [9.17, 15) is 19.5 Å². The molecule has 2 aromatic carbocycles. The Kier molecular flexibility index (Phi) is 4.68. The maximum atomic E-state index is 13.0. The molecule has 2 N–H and O–H groups in total. The third-order valence-corrected chi connectivity index (χ3v) is 6.64. The highest BCUT2D eigenvalue weighted by Crippen LogP contribution is 2.44. The van der Waals surface area contributed by atoms with Crippen molar-refractivity contribution in [2.24, 2.45) is 0 Å². The number of nitrogens with zero attached hydrogens (tertiary/aromatic N) is 1. The average molecular weight is 420 g/mol. The van der Waals surface area contributed by atoms with Gasteiger partial charge in [0.25, 0.3) is 0 Å². The Hall–Kier alpha value is -3.35. The van der Waals surface area contributed by atoms with Gasteiger partial charge >= 0.3 is 12.1 Å². The smallest absolute Gasteiger partial charge is 0.408 e. The average Bonchev–Trinajstić information content (AvgIpc) is 3.25. The second kappa shape index (κ2) is 7.41. The van der Waals surface area contributed by atoms with Crippen molar-refractivity contribution in [1.82, 2.24) is 10.2 Å². The number of ether oxygens (including phenoxy) is 1. The molecule has 2 aliphatic carbocycles. The Bertz CT molecular complexity index is 1020. The molecule has 1 atom stereocenters. The standard InChI is InChI=1S/C24H24N2O5/c27-21(28)20-10-5-13-26(20)22(29)24(11-12-24)25-23(30)31-14-19-17-8-3-1-6-15(17)16-7-2-4-9-18(16)19/h1-4,6-9,19-20H,5,10-14H2,(H,25,30)(H,27,28)/t20-/m1/s1. The molecule has 1 aliphatic heterocycles. The third-order valence-electron chi connectivity index (χ3n) is 6.64. The molecule has 31 heavy (non-hydrogen) atoms. The van der Waals surface area contributed by atoms with E-state index in [4.69, 9.17) is 4.74 Å². The first-order valence-corrected chi connectivity index (χ1v) is 10.7. The SMILES string of the molecule is O=C(NC1(C(=O)N2CCC[C@@H]2C(=O)O)CC1)OCC1c2ccccc2-c2ccccc21. The highest BCUT2D eigenvalue weighted by molar-refractivity contribution is 5.95. The topological polar surface area (TPSA) is 95.9 Å². The van der Waals surface area contributed by atoms with E-state index >= 15 is 0 Å². The number of aliphatic carboxylic acids is 1. The zero-order valence-electron chi connectivity index (χ0n) is 17.0. The number of fused-ring (bicyclic) bond motifs is 3. The van der Waals surface area contributed by atoms with Gasteiger partial charge in [0.15, 0.2) is 0 Å². The number of carbonyl (C=O) groups is 3. The second-order valence-electron chi connectivity index (χ2n) is 8.53. The van der Waals surface area contributed by atoms with Crippen LogP contribution in [-0.2, 0) is 14.3 Å². The summed E-state index contributed by atoms with van der Waals surface area (Å²) in [5.74, 6) is -1.37. The van der Waals surface area contributed by atoms with Crippen LogP contribution in [-0.4, -0.2) is 52.7 Å². The zero-order chi connectivity index (χ0) is 21.6. The quantitative estimate of drug-likeness (QED) is 0.775. The minimum Gasteiger partial charge on any atom is -0.480 e. The molecule has 7 nitrogen and oxygen atoms in total. The van der Waals surface area contributed by atoms with E-state index in [1.54, 1.807) is 0 Å². The molecular formula is C24H24N2O5. The number of benzene rings is 2. The second-order valence-corrected chi connectivity index (χ2v) is 8.53. The molecule has 0 radical (unpaired) electrons. The molecule has 160 valence electrons. The van der Waals surface area contributed by atoms with Crippen LogP contribution in [0.25, 0.3) is 11.1 Å². The molecule has 7 heteroatoms. The molecule has 2 amide bonds. The summed E-state index contributed by atoms with van der Waals surface area (Å²) in [6.07, 6.45) is 1.46. The number of nitrogens with one attached hydrogen (secondary N) is 1. The number of carboxylic acids is 1. The lowest BCUT2D eigenvalue weighted by Crippen LogP contribution is -2.53. The summed E-state index contributed by atoms with van der Waals surface area (Å²) >= 11 is 0. The number of likely N-dealkylation sites (tertiary alicyclic amines) is 1. The van der Waals surface area contributed by atoms with Crippen molar-refractivity contribution >= 4 is 18.0 Å². The fourth-order valence-electron chi connectivity index (χ4n) is 4.89. The van der Waals surface area contributed by atoms with E-state index in [0.29, 0.717) is 32.2 Å². The first-order chi connectivity index (χ1) is 15.0. The molecule has 0 aromatic heterocycles. The van der Waals surface area contributed by atoms with Crippen LogP contribution in [0.3, 0.4) is 0 Å². The van der Waals surface area contributed by atoms with E-state index < -0.39 is 23.6 Å². The van der Waals surface area contributed by atoms with E-state index in [0.717, 1.165) is 22.3 Å². The fraction of sp³-hybridized carbons (Fsp3) is 0.375. The third kappa shape index (κ3) is 3.34. The van der Waals surface area contributed by atoms with Gasteiger partial charge in [0.2, 0.25) is 5.91 Å². The lowest BCUT2D eigenvalue weighted by molar-refractivity contribution is -0.149. The van der Waals surface area contributed by atoms with Gasteiger partial charge in [-0.2, -0.15) is 0 Å². The number of rotatable bonds is 5. The Morgan fingerprint density at radius 3 is 2.23 bits per heavy atom. The van der Waals surface area contributed by atoms with Crippen LogP contribution in [0, 0.1) is 0 Å². The van der Waals surface area contributed by atoms with Crippen LogP contribution < -0.4 is 5.32 Å². The van der Waals surface area contributed by atoms with E-state index in [2.05, 4.69) is 17.4 Å². The van der Waals surface area contributed by atoms with Crippen LogP contribution in [0.5, 0.6) is 0 Å². The van der Waals surface area contributed by atoms with Gasteiger partial charge < -0.3 is 20.1 Å². The van der Waals surface area contributed by atoms with Crippen molar-refractivity contribution in [2.45, 2.75) is 43.2 Å². The van der Waals surface area contributed by atoms with Crippen LogP contribution in [0.1, 0.15) is 42.7 Å². The monoisotopic (exact) mass is 420 g/mol. The lowest BCUT2D eigenvalue weighted by atomic mass is 9.98. The lowest BCUT2D eigenvalue weighted by Gasteiger charge is -2.27. The molecule has 2 fully saturated rings. The van der Waals surface area contributed by atoms with E-state index in [-0.39, 0.29) is 18.4 Å². The van der Waals surface area contributed by atoms with Crippen molar-refractivity contribution in [3.05, 3.63) is 59.7 Å². The van der Waals surface area contributed by atoms with Gasteiger partial charge in [-0.25, -0.2) is 9.59 Å². The predicted octanol–water partition coefficient (Wildman–Crippen LogP) is 3.13. The van der Waals surface area contributed by atoms with Gasteiger partial charge in [0, 0.05) is 12.5 Å². The van der Waals surface area contributed by atoms with Crippen molar-refractivity contribution in [2.75, 3.05) is 13.2 Å². The number of hydrogen-bond donors (Lipinski definition) is 2. The van der Waals surface area contributed by atoms with Crippen LogP contribution in [0.4, 0.5) is 4.79 Å².